The van der Waals surface area contributed by atoms with Gasteiger partial charge in [0.25, 0.3) is 0 Å². The topological polar surface area (TPSA) is 29.9 Å². The highest BCUT2D eigenvalue weighted by Crippen LogP contribution is 2.29. The summed E-state index contributed by atoms with van der Waals surface area (Å²) in [6.45, 7) is 10.9. The van der Waals surface area contributed by atoms with Gasteiger partial charge < -0.3 is 5.32 Å². The Morgan fingerprint density at radius 3 is 2.50 bits per heavy atom. The van der Waals surface area contributed by atoms with Gasteiger partial charge in [-0.2, -0.15) is 5.10 Å². The lowest BCUT2D eigenvalue weighted by Crippen LogP contribution is -2.25. The van der Waals surface area contributed by atoms with Gasteiger partial charge in [0.1, 0.15) is 0 Å². The summed E-state index contributed by atoms with van der Waals surface area (Å²) in [4.78, 5) is 1.43. The minimum atomic E-state index is 0.361. The number of nitrogens with one attached hydrogen (secondary N) is 1. The van der Waals surface area contributed by atoms with E-state index in [4.69, 9.17) is 0 Å². The van der Waals surface area contributed by atoms with Crippen molar-refractivity contribution in [3.8, 4) is 0 Å². The van der Waals surface area contributed by atoms with E-state index in [1.807, 2.05) is 23.1 Å². The molecule has 0 aliphatic rings. The standard InChI is InChI=1S/C16H25N3S/c1-7-14(15-11(3)18-19(6)13(15)5)17-12(4)16-10(2)8-9-20-16/h8-9,12,14,17H,7H2,1-6H3/t12-,14-/m1/s1. The molecular weight excluding hydrogens is 266 g/mol. The van der Waals surface area contributed by atoms with Crippen molar-refractivity contribution >= 4 is 11.3 Å². The van der Waals surface area contributed by atoms with Crippen molar-refractivity contribution in [1.29, 1.82) is 0 Å². The summed E-state index contributed by atoms with van der Waals surface area (Å²) in [5, 5.41) is 10.5. The van der Waals surface area contributed by atoms with Crippen molar-refractivity contribution in [3.05, 3.63) is 38.8 Å². The van der Waals surface area contributed by atoms with Crippen LogP contribution in [0.25, 0.3) is 0 Å². The van der Waals surface area contributed by atoms with Gasteiger partial charge in [0.15, 0.2) is 0 Å². The number of aryl methyl sites for hydroxylation is 3. The maximum Gasteiger partial charge on any atom is 0.0644 e. The molecule has 0 amide bonds. The number of rotatable bonds is 5. The molecule has 0 aromatic carbocycles. The van der Waals surface area contributed by atoms with Crippen molar-refractivity contribution in [2.45, 2.75) is 53.1 Å². The zero-order valence-electron chi connectivity index (χ0n) is 13.3. The van der Waals surface area contributed by atoms with Crippen LogP contribution in [0.1, 0.15) is 59.7 Å². The van der Waals surface area contributed by atoms with E-state index in [-0.39, 0.29) is 0 Å². The van der Waals surface area contributed by atoms with Crippen molar-refractivity contribution in [2.24, 2.45) is 7.05 Å². The fraction of sp³-hybridized carbons (Fsp3) is 0.562. The van der Waals surface area contributed by atoms with E-state index in [1.54, 1.807) is 0 Å². The summed E-state index contributed by atoms with van der Waals surface area (Å²) in [5.41, 5.74) is 5.14. The molecule has 0 bridgehead atoms. The maximum atomic E-state index is 4.55. The lowest BCUT2D eigenvalue weighted by molar-refractivity contribution is 0.456. The Balaban J connectivity index is 2.23. The van der Waals surface area contributed by atoms with E-state index >= 15 is 0 Å². The SMILES string of the molecule is CC[C@@H](N[C@H](C)c1sccc1C)c1c(C)nn(C)c1C. The zero-order chi connectivity index (χ0) is 14.9. The first-order valence-electron chi connectivity index (χ1n) is 7.25. The van der Waals surface area contributed by atoms with Crippen LogP contribution in [0.2, 0.25) is 0 Å². The third-order valence-electron chi connectivity index (χ3n) is 4.07. The van der Waals surface area contributed by atoms with Gasteiger partial charge in [0, 0.05) is 35.3 Å². The van der Waals surface area contributed by atoms with Crippen LogP contribution in [0.5, 0.6) is 0 Å². The number of hydrogen-bond donors (Lipinski definition) is 1. The Kier molecular flexibility index (Phi) is 4.66. The zero-order valence-corrected chi connectivity index (χ0v) is 14.1. The van der Waals surface area contributed by atoms with E-state index in [9.17, 15) is 0 Å². The molecule has 0 radical (unpaired) electrons. The van der Waals surface area contributed by atoms with Gasteiger partial charge in [-0.1, -0.05) is 6.92 Å². The summed E-state index contributed by atoms with van der Waals surface area (Å²) >= 11 is 1.84. The molecule has 0 saturated heterocycles. The third-order valence-corrected chi connectivity index (χ3v) is 5.27. The molecule has 20 heavy (non-hydrogen) atoms. The molecule has 0 unspecified atom stereocenters. The minimum Gasteiger partial charge on any atom is -0.302 e. The molecule has 2 aromatic heterocycles. The molecule has 2 heterocycles. The van der Waals surface area contributed by atoms with Crippen LogP contribution in [0.3, 0.4) is 0 Å². The predicted octanol–water partition coefficient (Wildman–Crippen LogP) is 4.21. The average Bonchev–Trinajstić information content (AvgIpc) is 2.92. The molecule has 0 fully saturated rings. The van der Waals surface area contributed by atoms with Crippen LogP contribution in [0.15, 0.2) is 11.4 Å². The molecule has 0 aliphatic heterocycles. The first-order valence-corrected chi connectivity index (χ1v) is 8.13. The van der Waals surface area contributed by atoms with Crippen LogP contribution in [-0.2, 0) is 7.05 Å². The smallest absolute Gasteiger partial charge is 0.0644 e. The van der Waals surface area contributed by atoms with Gasteiger partial charge in [-0.3, -0.25) is 4.68 Å². The van der Waals surface area contributed by atoms with Crippen LogP contribution >= 0.6 is 11.3 Å². The number of hydrogen-bond acceptors (Lipinski definition) is 3. The second-order valence-electron chi connectivity index (χ2n) is 5.53. The highest BCUT2D eigenvalue weighted by atomic mass is 32.1. The van der Waals surface area contributed by atoms with E-state index in [0.717, 1.165) is 12.1 Å². The second kappa shape index (κ2) is 6.10. The van der Waals surface area contributed by atoms with Gasteiger partial charge in [0.2, 0.25) is 0 Å². The van der Waals surface area contributed by atoms with E-state index in [0.29, 0.717) is 12.1 Å². The summed E-state index contributed by atoms with van der Waals surface area (Å²) < 4.78 is 1.98. The quantitative estimate of drug-likeness (QED) is 0.894. The molecule has 2 rings (SSSR count). The van der Waals surface area contributed by atoms with E-state index in [1.165, 1.54) is 21.7 Å². The Hall–Kier alpha value is -1.13. The molecule has 0 spiro atoms. The van der Waals surface area contributed by atoms with E-state index < -0.39 is 0 Å². The molecule has 4 heteroatoms. The van der Waals surface area contributed by atoms with Crippen molar-refractivity contribution < 1.29 is 0 Å². The number of nitrogens with zero attached hydrogens (tertiary/aromatic N) is 2. The second-order valence-corrected chi connectivity index (χ2v) is 6.47. The number of aromatic nitrogens is 2. The molecule has 0 aliphatic carbocycles. The lowest BCUT2D eigenvalue weighted by atomic mass is 10.0. The largest absolute Gasteiger partial charge is 0.302 e. The van der Waals surface area contributed by atoms with Gasteiger partial charge >= 0.3 is 0 Å². The van der Waals surface area contributed by atoms with Crippen LogP contribution < -0.4 is 5.32 Å². The minimum absolute atomic E-state index is 0.361. The number of thiophene rings is 1. The first kappa shape index (κ1) is 15.3. The molecule has 2 aromatic rings. The van der Waals surface area contributed by atoms with Gasteiger partial charge in [-0.05, 0) is 51.1 Å². The monoisotopic (exact) mass is 291 g/mol. The van der Waals surface area contributed by atoms with Crippen LogP contribution in [0, 0.1) is 20.8 Å². The Bertz CT molecular complexity index is 583. The van der Waals surface area contributed by atoms with Crippen LogP contribution in [-0.4, -0.2) is 9.78 Å². The van der Waals surface area contributed by atoms with Gasteiger partial charge in [0.05, 0.1) is 5.69 Å². The third kappa shape index (κ3) is 2.81. The summed E-state index contributed by atoms with van der Waals surface area (Å²) in [6, 6.07) is 2.93. The van der Waals surface area contributed by atoms with Crippen molar-refractivity contribution in [2.75, 3.05) is 0 Å². The highest BCUT2D eigenvalue weighted by molar-refractivity contribution is 7.10. The summed E-state index contributed by atoms with van der Waals surface area (Å²) in [5.74, 6) is 0. The van der Waals surface area contributed by atoms with Gasteiger partial charge in [-0.25, -0.2) is 0 Å². The Morgan fingerprint density at radius 1 is 1.35 bits per heavy atom. The van der Waals surface area contributed by atoms with Gasteiger partial charge in [-0.15, -0.1) is 11.3 Å². The van der Waals surface area contributed by atoms with Crippen LogP contribution in [0.4, 0.5) is 0 Å². The molecule has 2 atom stereocenters. The Labute approximate surface area is 126 Å². The fourth-order valence-electron chi connectivity index (χ4n) is 2.91. The van der Waals surface area contributed by atoms with E-state index in [2.05, 4.69) is 56.5 Å². The predicted molar refractivity (Wildman–Crippen MR) is 86.3 cm³/mol. The fourth-order valence-corrected chi connectivity index (χ4v) is 3.85. The molecular formula is C16H25N3S. The summed E-state index contributed by atoms with van der Waals surface area (Å²) in [7, 11) is 2.02. The average molecular weight is 291 g/mol. The van der Waals surface area contributed by atoms with Crippen molar-refractivity contribution in [3.63, 3.8) is 0 Å². The molecule has 110 valence electrons. The molecule has 1 N–H and O–H groups in total. The Morgan fingerprint density at radius 2 is 2.05 bits per heavy atom. The summed E-state index contributed by atoms with van der Waals surface area (Å²) in [6.07, 6.45) is 1.07. The maximum absolute atomic E-state index is 4.55. The first-order chi connectivity index (χ1) is 9.45. The molecule has 0 saturated carbocycles. The highest BCUT2D eigenvalue weighted by Gasteiger charge is 2.21. The molecule has 3 nitrogen and oxygen atoms in total. The normalized spacial score (nSPS) is 14.5. The lowest BCUT2D eigenvalue weighted by Gasteiger charge is -2.23. The van der Waals surface area contributed by atoms with Crippen molar-refractivity contribution in [1.82, 2.24) is 15.1 Å².